The molecule has 0 atom stereocenters. The molecule has 1 aromatic rings. The molecule has 1 aliphatic rings. The smallest absolute Gasteiger partial charge is 0.315 e. The largest absolute Gasteiger partial charge is 0.354 e. The standard InChI is InChI=1S/C14H23N5O/c20-14(19-12-6-2-1-3-7-12)18-11-5-10-17-13-15-8-4-9-16-13/h4,8-9,12H,1-3,5-7,10-11H2,(H,15,16,17)(H2,18,19,20). The number of amides is 2. The zero-order valence-corrected chi connectivity index (χ0v) is 11.8. The van der Waals surface area contributed by atoms with Gasteiger partial charge in [0, 0.05) is 31.5 Å². The highest BCUT2D eigenvalue weighted by Gasteiger charge is 2.14. The molecule has 1 saturated carbocycles. The first-order chi connectivity index (χ1) is 9.84. The normalized spacial score (nSPS) is 15.6. The first kappa shape index (κ1) is 14.6. The third-order valence-electron chi connectivity index (χ3n) is 3.43. The number of nitrogens with zero attached hydrogens (tertiary/aromatic N) is 2. The van der Waals surface area contributed by atoms with Crippen LogP contribution in [0.1, 0.15) is 38.5 Å². The van der Waals surface area contributed by atoms with Gasteiger partial charge in [0.15, 0.2) is 0 Å². The molecule has 0 bridgehead atoms. The van der Waals surface area contributed by atoms with Gasteiger partial charge in [0.05, 0.1) is 0 Å². The van der Waals surface area contributed by atoms with Gasteiger partial charge in [-0.25, -0.2) is 14.8 Å². The summed E-state index contributed by atoms with van der Waals surface area (Å²) in [4.78, 5) is 19.8. The molecule has 0 saturated heterocycles. The molecule has 0 aromatic carbocycles. The molecule has 0 unspecified atom stereocenters. The summed E-state index contributed by atoms with van der Waals surface area (Å²) in [6.07, 6.45) is 10.2. The van der Waals surface area contributed by atoms with Gasteiger partial charge in [0.1, 0.15) is 0 Å². The second-order valence-electron chi connectivity index (χ2n) is 5.09. The number of rotatable bonds is 6. The molecule has 110 valence electrons. The number of carbonyl (C=O) groups is 1. The fraction of sp³-hybridized carbons (Fsp3) is 0.643. The van der Waals surface area contributed by atoms with Gasteiger partial charge in [0.25, 0.3) is 0 Å². The van der Waals surface area contributed by atoms with Gasteiger partial charge in [0.2, 0.25) is 5.95 Å². The van der Waals surface area contributed by atoms with Gasteiger partial charge < -0.3 is 16.0 Å². The topological polar surface area (TPSA) is 78.9 Å². The molecule has 1 aromatic heterocycles. The van der Waals surface area contributed by atoms with Crippen LogP contribution in [0.3, 0.4) is 0 Å². The van der Waals surface area contributed by atoms with Crippen LogP contribution < -0.4 is 16.0 Å². The summed E-state index contributed by atoms with van der Waals surface area (Å²) in [6, 6.07) is 2.09. The minimum atomic E-state index is -0.0483. The Bertz CT molecular complexity index is 392. The molecule has 0 radical (unpaired) electrons. The number of hydrogen-bond donors (Lipinski definition) is 3. The van der Waals surface area contributed by atoms with Crippen LogP contribution in [0.5, 0.6) is 0 Å². The van der Waals surface area contributed by atoms with Crippen molar-refractivity contribution in [1.29, 1.82) is 0 Å². The molecule has 6 nitrogen and oxygen atoms in total. The Hall–Kier alpha value is -1.85. The van der Waals surface area contributed by atoms with Crippen LogP contribution in [-0.4, -0.2) is 35.1 Å². The predicted octanol–water partition coefficient (Wildman–Crippen LogP) is 1.91. The first-order valence-electron chi connectivity index (χ1n) is 7.40. The van der Waals surface area contributed by atoms with Crippen molar-refractivity contribution in [2.24, 2.45) is 0 Å². The average molecular weight is 277 g/mol. The fourth-order valence-corrected chi connectivity index (χ4v) is 2.36. The maximum absolute atomic E-state index is 11.7. The Morgan fingerprint density at radius 2 is 1.90 bits per heavy atom. The first-order valence-corrected chi connectivity index (χ1v) is 7.40. The Morgan fingerprint density at radius 3 is 2.65 bits per heavy atom. The van der Waals surface area contributed by atoms with Crippen molar-refractivity contribution in [2.45, 2.75) is 44.6 Å². The number of nitrogens with one attached hydrogen (secondary N) is 3. The SMILES string of the molecule is O=C(NCCCNc1ncccn1)NC1CCCCC1. The number of anilines is 1. The van der Waals surface area contributed by atoms with Crippen molar-refractivity contribution in [3.63, 3.8) is 0 Å². The number of hydrogen-bond acceptors (Lipinski definition) is 4. The third kappa shape index (κ3) is 5.42. The lowest BCUT2D eigenvalue weighted by Crippen LogP contribution is -2.43. The van der Waals surface area contributed by atoms with Crippen molar-refractivity contribution in [2.75, 3.05) is 18.4 Å². The molecular formula is C14H23N5O. The van der Waals surface area contributed by atoms with E-state index in [2.05, 4.69) is 25.9 Å². The van der Waals surface area contributed by atoms with Gasteiger partial charge in [-0.2, -0.15) is 0 Å². The van der Waals surface area contributed by atoms with Crippen LogP contribution in [0.4, 0.5) is 10.7 Å². The van der Waals surface area contributed by atoms with Crippen LogP contribution in [0.2, 0.25) is 0 Å². The monoisotopic (exact) mass is 277 g/mol. The lowest BCUT2D eigenvalue weighted by atomic mass is 9.96. The van der Waals surface area contributed by atoms with Gasteiger partial charge in [-0.1, -0.05) is 19.3 Å². The molecule has 1 fully saturated rings. The van der Waals surface area contributed by atoms with E-state index < -0.39 is 0 Å². The number of urea groups is 1. The summed E-state index contributed by atoms with van der Waals surface area (Å²) in [5, 5.41) is 9.02. The van der Waals surface area contributed by atoms with E-state index in [0.29, 0.717) is 18.5 Å². The Morgan fingerprint density at radius 1 is 1.15 bits per heavy atom. The summed E-state index contributed by atoms with van der Waals surface area (Å²) >= 11 is 0. The lowest BCUT2D eigenvalue weighted by Gasteiger charge is -2.22. The van der Waals surface area contributed by atoms with Crippen molar-refractivity contribution in [3.8, 4) is 0 Å². The minimum Gasteiger partial charge on any atom is -0.354 e. The predicted molar refractivity (Wildman–Crippen MR) is 78.5 cm³/mol. The fourth-order valence-electron chi connectivity index (χ4n) is 2.36. The zero-order valence-electron chi connectivity index (χ0n) is 11.8. The van der Waals surface area contributed by atoms with E-state index in [4.69, 9.17) is 0 Å². The molecule has 1 heterocycles. The molecule has 0 aliphatic heterocycles. The quantitative estimate of drug-likeness (QED) is 0.694. The summed E-state index contributed by atoms with van der Waals surface area (Å²) < 4.78 is 0. The molecular weight excluding hydrogens is 254 g/mol. The van der Waals surface area contributed by atoms with Gasteiger partial charge in [-0.05, 0) is 25.3 Å². The molecule has 2 rings (SSSR count). The molecule has 0 spiro atoms. The van der Waals surface area contributed by atoms with Crippen LogP contribution in [0.25, 0.3) is 0 Å². The van der Waals surface area contributed by atoms with E-state index in [1.807, 2.05) is 0 Å². The van der Waals surface area contributed by atoms with Crippen LogP contribution in [0, 0.1) is 0 Å². The van der Waals surface area contributed by atoms with E-state index in [-0.39, 0.29) is 6.03 Å². The van der Waals surface area contributed by atoms with Crippen molar-refractivity contribution >= 4 is 12.0 Å². The number of carbonyl (C=O) groups excluding carboxylic acids is 1. The van der Waals surface area contributed by atoms with E-state index in [9.17, 15) is 4.79 Å². The Kier molecular flexibility index (Phi) is 6.07. The van der Waals surface area contributed by atoms with Crippen molar-refractivity contribution < 1.29 is 4.79 Å². The Balaban J connectivity index is 1.51. The van der Waals surface area contributed by atoms with Gasteiger partial charge in [-0.15, -0.1) is 0 Å². The second kappa shape index (κ2) is 8.35. The second-order valence-corrected chi connectivity index (χ2v) is 5.09. The zero-order chi connectivity index (χ0) is 14.0. The summed E-state index contributed by atoms with van der Waals surface area (Å²) in [5.74, 6) is 0.624. The summed E-state index contributed by atoms with van der Waals surface area (Å²) in [7, 11) is 0. The van der Waals surface area contributed by atoms with Gasteiger partial charge in [-0.3, -0.25) is 0 Å². The van der Waals surface area contributed by atoms with Crippen molar-refractivity contribution in [1.82, 2.24) is 20.6 Å². The highest BCUT2D eigenvalue weighted by Crippen LogP contribution is 2.16. The molecule has 20 heavy (non-hydrogen) atoms. The summed E-state index contributed by atoms with van der Waals surface area (Å²) in [5.41, 5.74) is 0. The minimum absolute atomic E-state index is 0.0483. The van der Waals surface area contributed by atoms with E-state index >= 15 is 0 Å². The number of aromatic nitrogens is 2. The highest BCUT2D eigenvalue weighted by molar-refractivity contribution is 5.74. The van der Waals surface area contributed by atoms with Crippen LogP contribution >= 0.6 is 0 Å². The van der Waals surface area contributed by atoms with Gasteiger partial charge >= 0.3 is 6.03 Å². The average Bonchev–Trinajstić information content (AvgIpc) is 2.49. The summed E-state index contributed by atoms with van der Waals surface area (Å²) in [6.45, 7) is 1.39. The van der Waals surface area contributed by atoms with E-state index in [1.54, 1.807) is 18.5 Å². The molecule has 1 aliphatic carbocycles. The van der Waals surface area contributed by atoms with Crippen LogP contribution in [-0.2, 0) is 0 Å². The molecule has 6 heteroatoms. The third-order valence-corrected chi connectivity index (χ3v) is 3.43. The highest BCUT2D eigenvalue weighted by atomic mass is 16.2. The van der Waals surface area contributed by atoms with E-state index in [0.717, 1.165) is 25.8 Å². The maximum Gasteiger partial charge on any atom is 0.315 e. The molecule has 3 N–H and O–H groups in total. The maximum atomic E-state index is 11.7. The van der Waals surface area contributed by atoms with Crippen LogP contribution in [0.15, 0.2) is 18.5 Å². The van der Waals surface area contributed by atoms with E-state index in [1.165, 1.54) is 19.3 Å². The molecule has 2 amide bonds. The Labute approximate surface area is 119 Å². The van der Waals surface area contributed by atoms with Crippen molar-refractivity contribution in [3.05, 3.63) is 18.5 Å². The lowest BCUT2D eigenvalue weighted by molar-refractivity contribution is 0.232.